The van der Waals surface area contributed by atoms with E-state index in [9.17, 15) is 18.0 Å². The van der Waals surface area contributed by atoms with Crippen molar-refractivity contribution in [3.8, 4) is 10.6 Å². The Morgan fingerprint density at radius 3 is 2.57 bits per heavy atom. The number of nitrogens with one attached hydrogen (secondary N) is 1. The molecule has 0 aliphatic carbocycles. The minimum Gasteiger partial charge on any atom is -0.317 e. The van der Waals surface area contributed by atoms with Crippen molar-refractivity contribution in [3.05, 3.63) is 51.4 Å². The van der Waals surface area contributed by atoms with Crippen LogP contribution < -0.4 is 5.32 Å². The van der Waals surface area contributed by atoms with Gasteiger partial charge in [0.15, 0.2) is 17.0 Å². The molecule has 0 aliphatic rings. The Kier molecular flexibility index (Phi) is 4.82. The van der Waals surface area contributed by atoms with E-state index in [-0.39, 0.29) is 22.1 Å². The number of carbonyl (C=O) groups excluding carboxylic acids is 1. The van der Waals surface area contributed by atoms with E-state index in [1.54, 1.807) is 43.1 Å². The van der Waals surface area contributed by atoms with Crippen LogP contribution in [0.3, 0.4) is 0 Å². The number of carbonyl (C=O) groups is 1. The quantitative estimate of drug-likeness (QED) is 0.485. The van der Waals surface area contributed by atoms with Crippen molar-refractivity contribution in [2.75, 3.05) is 5.32 Å². The summed E-state index contributed by atoms with van der Waals surface area (Å²) in [5.41, 5.74) is 0.0782. The van der Waals surface area contributed by atoms with Crippen LogP contribution >= 0.6 is 22.9 Å². The molecule has 4 aromatic rings. The Morgan fingerprint density at radius 1 is 1.27 bits per heavy atom. The van der Waals surface area contributed by atoms with Crippen LogP contribution in [0.2, 0.25) is 5.02 Å². The molecule has 0 fully saturated rings. The van der Waals surface area contributed by atoms with Gasteiger partial charge < -0.3 is 5.32 Å². The molecule has 0 unspecified atom stereocenters. The number of anilines is 1. The summed E-state index contributed by atoms with van der Waals surface area (Å²) in [5, 5.41) is 12.1. The lowest BCUT2D eigenvalue weighted by atomic mass is 10.2. The maximum absolute atomic E-state index is 13.7. The van der Waals surface area contributed by atoms with Crippen LogP contribution in [0.1, 0.15) is 27.6 Å². The molecule has 12 heteroatoms. The Morgan fingerprint density at radius 2 is 2.00 bits per heavy atom. The molecule has 1 N–H and O–H groups in total. The van der Waals surface area contributed by atoms with E-state index in [0.29, 0.717) is 26.5 Å². The predicted molar refractivity (Wildman–Crippen MR) is 107 cm³/mol. The normalized spacial score (nSPS) is 12.0. The third-order valence-corrected chi connectivity index (χ3v) is 5.80. The molecule has 0 aromatic carbocycles. The molecule has 0 spiro atoms. The second-order valence-electron chi connectivity index (χ2n) is 6.52. The van der Waals surface area contributed by atoms with Crippen LogP contribution in [0.5, 0.6) is 0 Å². The van der Waals surface area contributed by atoms with E-state index in [1.807, 2.05) is 0 Å². The number of amides is 1. The zero-order valence-electron chi connectivity index (χ0n) is 15.9. The molecule has 0 atom stereocenters. The Bertz CT molecular complexity index is 1280. The third-order valence-electron chi connectivity index (χ3n) is 4.56. The summed E-state index contributed by atoms with van der Waals surface area (Å²) < 4.78 is 43.2. The number of hydrogen-bond acceptors (Lipinski definition) is 5. The van der Waals surface area contributed by atoms with Crippen molar-refractivity contribution < 1.29 is 18.0 Å². The molecule has 0 aliphatic heterocycles. The van der Waals surface area contributed by atoms with Crippen LogP contribution in [-0.2, 0) is 13.2 Å². The van der Waals surface area contributed by atoms with Crippen LogP contribution in [-0.4, -0.2) is 30.3 Å². The average Bonchev–Trinajstić information content (AvgIpc) is 3.37. The number of thiophene rings is 1. The average molecular weight is 455 g/mol. The summed E-state index contributed by atoms with van der Waals surface area (Å²) in [6, 6.07) is 4.24. The number of aryl methyl sites for hydroxylation is 2. The lowest BCUT2D eigenvalue weighted by Crippen LogP contribution is -2.16. The highest BCUT2D eigenvalue weighted by Gasteiger charge is 2.37. The van der Waals surface area contributed by atoms with E-state index in [2.05, 4.69) is 20.5 Å². The first-order valence-electron chi connectivity index (χ1n) is 8.60. The minimum atomic E-state index is -4.73. The van der Waals surface area contributed by atoms with Gasteiger partial charge in [-0.2, -0.15) is 23.4 Å². The van der Waals surface area contributed by atoms with Crippen molar-refractivity contribution in [2.24, 2.45) is 7.05 Å². The molecule has 0 radical (unpaired) electrons. The number of alkyl halides is 3. The van der Waals surface area contributed by atoms with Gasteiger partial charge in [-0.1, -0.05) is 17.7 Å². The lowest BCUT2D eigenvalue weighted by Gasteiger charge is -2.10. The van der Waals surface area contributed by atoms with Gasteiger partial charge in [-0.25, -0.2) is 9.50 Å². The number of nitrogens with zero attached hydrogens (tertiary/aromatic N) is 5. The lowest BCUT2D eigenvalue weighted by molar-refractivity contribution is -0.142. The monoisotopic (exact) mass is 454 g/mol. The molecule has 1 amide bonds. The molecule has 4 heterocycles. The molecule has 4 rings (SSSR count). The fourth-order valence-corrected chi connectivity index (χ4v) is 3.95. The first-order valence-corrected chi connectivity index (χ1v) is 9.85. The van der Waals surface area contributed by atoms with Gasteiger partial charge in [0.2, 0.25) is 0 Å². The first kappa shape index (κ1) is 20.4. The molecule has 0 bridgehead atoms. The van der Waals surface area contributed by atoms with Crippen molar-refractivity contribution in [1.82, 2.24) is 24.4 Å². The van der Waals surface area contributed by atoms with Gasteiger partial charge in [0.05, 0.1) is 27.6 Å². The van der Waals surface area contributed by atoms with Crippen molar-refractivity contribution >= 4 is 40.2 Å². The second-order valence-corrected chi connectivity index (χ2v) is 7.85. The Balaban J connectivity index is 1.86. The van der Waals surface area contributed by atoms with Crippen LogP contribution in [0, 0.1) is 13.8 Å². The van der Waals surface area contributed by atoms with Crippen molar-refractivity contribution in [3.63, 3.8) is 0 Å². The molecule has 156 valence electrons. The van der Waals surface area contributed by atoms with Crippen LogP contribution in [0.4, 0.5) is 18.9 Å². The minimum absolute atomic E-state index is 0.0949. The highest BCUT2D eigenvalue weighted by molar-refractivity contribution is 7.13. The summed E-state index contributed by atoms with van der Waals surface area (Å²) in [4.78, 5) is 17.5. The topological polar surface area (TPSA) is 77.1 Å². The fourth-order valence-electron chi connectivity index (χ4n) is 3.02. The van der Waals surface area contributed by atoms with Gasteiger partial charge >= 0.3 is 6.18 Å². The molecular weight excluding hydrogens is 441 g/mol. The van der Waals surface area contributed by atoms with Gasteiger partial charge in [-0.05, 0) is 31.4 Å². The van der Waals surface area contributed by atoms with Crippen LogP contribution in [0.25, 0.3) is 16.2 Å². The van der Waals surface area contributed by atoms with E-state index < -0.39 is 17.8 Å². The molecular formula is C18H14ClF3N6OS. The number of hydrogen-bond donors (Lipinski definition) is 1. The highest BCUT2D eigenvalue weighted by Crippen LogP contribution is 2.35. The largest absolute Gasteiger partial charge is 0.433 e. The van der Waals surface area contributed by atoms with E-state index in [1.165, 1.54) is 11.3 Å². The van der Waals surface area contributed by atoms with E-state index in [4.69, 9.17) is 11.6 Å². The maximum Gasteiger partial charge on any atom is 0.433 e. The Hall–Kier alpha value is -2.92. The number of fused-ring (bicyclic) bond motifs is 1. The molecule has 0 saturated heterocycles. The fraction of sp³-hybridized carbons (Fsp3) is 0.222. The molecule has 4 aromatic heterocycles. The second kappa shape index (κ2) is 7.10. The van der Waals surface area contributed by atoms with Crippen molar-refractivity contribution in [1.29, 1.82) is 0 Å². The predicted octanol–water partition coefficient (Wildman–Crippen LogP) is 4.73. The summed E-state index contributed by atoms with van der Waals surface area (Å²) in [6.45, 7) is 3.45. The van der Waals surface area contributed by atoms with Crippen molar-refractivity contribution in [2.45, 2.75) is 20.0 Å². The molecule has 0 saturated carbocycles. The third kappa shape index (κ3) is 3.33. The van der Waals surface area contributed by atoms with Gasteiger partial charge in [0.25, 0.3) is 5.91 Å². The van der Waals surface area contributed by atoms with Crippen LogP contribution in [0.15, 0.2) is 23.6 Å². The SMILES string of the molecule is Cc1nn(C)c(C)c1NC(=O)c1nn2c(C(F)(F)F)cc(-c3cccs3)nc2c1Cl. The van der Waals surface area contributed by atoms with Gasteiger partial charge in [0, 0.05) is 7.05 Å². The standard InChI is InChI=1S/C18H14ClF3N6OS/c1-8-14(9(2)27(3)25-8)24-17(29)15-13(19)16-23-10(11-5-4-6-30-11)7-12(18(20,21)22)28(16)26-15/h4-7H,1-3H3,(H,24,29). The zero-order valence-corrected chi connectivity index (χ0v) is 17.4. The first-order chi connectivity index (χ1) is 14.1. The van der Waals surface area contributed by atoms with E-state index >= 15 is 0 Å². The highest BCUT2D eigenvalue weighted by atomic mass is 35.5. The number of aromatic nitrogens is 5. The molecule has 7 nitrogen and oxygen atoms in total. The van der Waals surface area contributed by atoms with Gasteiger partial charge in [-0.3, -0.25) is 9.48 Å². The number of rotatable bonds is 3. The summed E-state index contributed by atoms with van der Waals surface area (Å²) in [7, 11) is 1.71. The Labute approximate surface area is 177 Å². The van der Waals surface area contributed by atoms with Gasteiger partial charge in [0.1, 0.15) is 5.02 Å². The summed E-state index contributed by atoms with van der Waals surface area (Å²) in [5.74, 6) is -0.754. The molecule has 30 heavy (non-hydrogen) atoms. The summed E-state index contributed by atoms with van der Waals surface area (Å²) in [6.07, 6.45) is -4.73. The number of halogens is 4. The van der Waals surface area contributed by atoms with Gasteiger partial charge in [-0.15, -0.1) is 11.3 Å². The maximum atomic E-state index is 13.7. The smallest absolute Gasteiger partial charge is 0.317 e. The zero-order chi connectivity index (χ0) is 21.8. The van der Waals surface area contributed by atoms with E-state index in [0.717, 1.165) is 6.07 Å². The summed E-state index contributed by atoms with van der Waals surface area (Å²) >= 11 is 7.51.